The molecular formula is C31H41N3O8S. The van der Waals surface area contributed by atoms with Crippen LogP contribution in [0.5, 0.6) is 17.2 Å². The maximum Gasteiger partial charge on any atom is 0.242 e. The SMILES string of the molecule is COc1cc2c(c(OC)c1OC)-c1ccc(N[C@H](CC(C)C)C(=O)NC3CCS(=O)(=O)C3)c(=O)cc1[C@H](NC(C)=O)CC2. The molecular weight excluding hydrogens is 574 g/mol. The number of carbonyl (C=O) groups excluding carboxylic acids is 2. The lowest BCUT2D eigenvalue weighted by Crippen LogP contribution is -2.46. The fourth-order valence-electron chi connectivity index (χ4n) is 5.93. The molecule has 1 aliphatic heterocycles. The number of amides is 2. The molecule has 3 atom stereocenters. The van der Waals surface area contributed by atoms with Crippen LogP contribution in [-0.4, -0.2) is 65.2 Å². The standard InChI is InChI=1S/C31H41N3O8S/c1-17(2)13-25(31(37)33-20-11-12-43(38,39)16-20)34-24-10-8-21-22(15-26(24)36)23(32-18(3)35)9-7-19-14-27(40-4)29(41-5)30(42-6)28(19)21/h8,10,14-15,17,20,23,25H,7,9,11-13,16H2,1-6H3,(H,32,35)(H,33,37)(H,34,36)/t20?,23-,25-/m1/s1. The average Bonchev–Trinajstić information content (AvgIpc) is 3.11. The number of rotatable bonds is 10. The van der Waals surface area contributed by atoms with Crippen molar-refractivity contribution in [2.24, 2.45) is 5.92 Å². The van der Waals surface area contributed by atoms with E-state index in [1.54, 1.807) is 19.2 Å². The largest absolute Gasteiger partial charge is 0.493 e. The van der Waals surface area contributed by atoms with Gasteiger partial charge in [-0.25, -0.2) is 8.42 Å². The zero-order chi connectivity index (χ0) is 31.5. The Kier molecular flexibility index (Phi) is 9.89. The van der Waals surface area contributed by atoms with Crippen LogP contribution in [0.4, 0.5) is 5.69 Å². The van der Waals surface area contributed by atoms with Crippen molar-refractivity contribution in [1.29, 1.82) is 0 Å². The van der Waals surface area contributed by atoms with Crippen molar-refractivity contribution < 1.29 is 32.2 Å². The molecule has 2 amide bonds. The zero-order valence-electron chi connectivity index (χ0n) is 25.5. The van der Waals surface area contributed by atoms with Gasteiger partial charge in [-0.2, -0.15) is 0 Å². The monoisotopic (exact) mass is 615 g/mol. The Hall–Kier alpha value is -3.80. The number of anilines is 1. The molecule has 0 radical (unpaired) electrons. The van der Waals surface area contributed by atoms with Gasteiger partial charge in [-0.1, -0.05) is 19.9 Å². The first-order chi connectivity index (χ1) is 20.4. The first-order valence-corrected chi connectivity index (χ1v) is 16.2. The van der Waals surface area contributed by atoms with Crippen LogP contribution in [0.25, 0.3) is 11.1 Å². The van der Waals surface area contributed by atoms with Gasteiger partial charge in [-0.05, 0) is 66.5 Å². The van der Waals surface area contributed by atoms with Crippen molar-refractivity contribution in [3.63, 3.8) is 0 Å². The van der Waals surface area contributed by atoms with Crippen LogP contribution in [0.15, 0.2) is 29.1 Å². The number of sulfone groups is 1. The highest BCUT2D eigenvalue weighted by molar-refractivity contribution is 7.91. The Morgan fingerprint density at radius 2 is 1.72 bits per heavy atom. The van der Waals surface area contributed by atoms with Crippen LogP contribution in [0.3, 0.4) is 0 Å². The number of nitrogens with one attached hydrogen (secondary N) is 3. The smallest absolute Gasteiger partial charge is 0.242 e. The molecule has 0 aromatic heterocycles. The van der Waals surface area contributed by atoms with Crippen LogP contribution < -0.4 is 35.6 Å². The summed E-state index contributed by atoms with van der Waals surface area (Å²) in [7, 11) is 1.43. The van der Waals surface area contributed by atoms with Gasteiger partial charge < -0.3 is 30.2 Å². The summed E-state index contributed by atoms with van der Waals surface area (Å²) in [4.78, 5) is 39.3. The van der Waals surface area contributed by atoms with Gasteiger partial charge in [-0.3, -0.25) is 14.4 Å². The fourth-order valence-corrected chi connectivity index (χ4v) is 7.60. The third-order valence-corrected chi connectivity index (χ3v) is 9.62. The summed E-state index contributed by atoms with van der Waals surface area (Å²) in [6.07, 6.45) is 1.88. The molecule has 0 saturated carbocycles. The highest BCUT2D eigenvalue weighted by Gasteiger charge is 2.32. The number of hydrogen-bond acceptors (Lipinski definition) is 9. The molecule has 1 heterocycles. The molecule has 4 rings (SSSR count). The van der Waals surface area contributed by atoms with Gasteiger partial charge in [0.2, 0.25) is 23.0 Å². The van der Waals surface area contributed by atoms with Crippen LogP contribution in [0.2, 0.25) is 0 Å². The average molecular weight is 616 g/mol. The maximum absolute atomic E-state index is 13.7. The zero-order valence-corrected chi connectivity index (χ0v) is 26.4. The maximum atomic E-state index is 13.7. The predicted octanol–water partition coefficient (Wildman–Crippen LogP) is 2.99. The Labute approximate surface area is 252 Å². The van der Waals surface area contributed by atoms with E-state index < -0.39 is 28.0 Å². The summed E-state index contributed by atoms with van der Waals surface area (Å²) in [6, 6.07) is 5.12. The van der Waals surface area contributed by atoms with E-state index in [1.807, 2.05) is 19.9 Å². The molecule has 1 saturated heterocycles. The topological polar surface area (TPSA) is 149 Å². The van der Waals surface area contributed by atoms with Gasteiger partial charge in [0.15, 0.2) is 21.3 Å². The van der Waals surface area contributed by atoms with E-state index in [-0.39, 0.29) is 40.4 Å². The highest BCUT2D eigenvalue weighted by atomic mass is 32.2. The van der Waals surface area contributed by atoms with Gasteiger partial charge in [0.1, 0.15) is 6.04 Å². The summed E-state index contributed by atoms with van der Waals surface area (Å²) in [5, 5.41) is 8.99. The summed E-state index contributed by atoms with van der Waals surface area (Å²) >= 11 is 0. The second-order valence-electron chi connectivity index (χ2n) is 11.5. The summed E-state index contributed by atoms with van der Waals surface area (Å²) < 4.78 is 40.9. The van der Waals surface area contributed by atoms with E-state index in [9.17, 15) is 22.8 Å². The number of aryl methyl sites for hydroxylation is 1. The van der Waals surface area contributed by atoms with Crippen molar-refractivity contribution in [1.82, 2.24) is 10.6 Å². The molecule has 2 aromatic carbocycles. The van der Waals surface area contributed by atoms with Gasteiger partial charge in [0.05, 0.1) is 44.6 Å². The predicted molar refractivity (Wildman–Crippen MR) is 165 cm³/mol. The number of benzene rings is 1. The van der Waals surface area contributed by atoms with Crippen LogP contribution in [0.1, 0.15) is 57.2 Å². The molecule has 1 aliphatic carbocycles. The molecule has 0 bridgehead atoms. The Morgan fingerprint density at radius 3 is 2.30 bits per heavy atom. The van der Waals surface area contributed by atoms with Crippen molar-refractivity contribution in [2.75, 3.05) is 38.2 Å². The van der Waals surface area contributed by atoms with Crippen molar-refractivity contribution >= 4 is 27.3 Å². The third-order valence-electron chi connectivity index (χ3n) is 7.85. The molecule has 1 fully saturated rings. The van der Waals surface area contributed by atoms with Gasteiger partial charge in [0.25, 0.3) is 0 Å². The molecule has 2 aromatic rings. The van der Waals surface area contributed by atoms with Crippen molar-refractivity contribution in [2.45, 2.75) is 64.6 Å². The quantitative estimate of drug-likeness (QED) is 0.367. The van der Waals surface area contributed by atoms with E-state index in [1.165, 1.54) is 27.2 Å². The van der Waals surface area contributed by atoms with E-state index in [2.05, 4.69) is 16.0 Å². The number of hydrogen-bond donors (Lipinski definition) is 3. The molecule has 43 heavy (non-hydrogen) atoms. The summed E-state index contributed by atoms with van der Waals surface area (Å²) in [6.45, 7) is 5.37. The van der Waals surface area contributed by atoms with Crippen molar-refractivity contribution in [3.8, 4) is 28.4 Å². The lowest BCUT2D eigenvalue weighted by molar-refractivity contribution is -0.122. The number of carbonyl (C=O) groups is 2. The van der Waals surface area contributed by atoms with Crippen LogP contribution in [0, 0.1) is 5.92 Å². The second kappa shape index (κ2) is 13.2. The highest BCUT2D eigenvalue weighted by Crippen LogP contribution is 2.50. The van der Waals surface area contributed by atoms with Gasteiger partial charge in [0, 0.05) is 18.5 Å². The first-order valence-electron chi connectivity index (χ1n) is 14.4. The molecule has 11 nitrogen and oxygen atoms in total. The van der Waals surface area contributed by atoms with Crippen LogP contribution in [-0.2, 0) is 25.8 Å². The Bertz CT molecular complexity index is 1560. The molecule has 3 N–H and O–H groups in total. The molecule has 234 valence electrons. The lowest BCUT2D eigenvalue weighted by atomic mass is 9.95. The normalized spacial score (nSPS) is 19.3. The summed E-state index contributed by atoms with van der Waals surface area (Å²) in [5.74, 6) is 0.827. The third kappa shape index (κ3) is 7.23. The molecule has 12 heteroatoms. The van der Waals surface area contributed by atoms with E-state index in [0.29, 0.717) is 54.1 Å². The number of methoxy groups -OCH3 is 3. The molecule has 2 aliphatic rings. The van der Waals surface area contributed by atoms with Crippen molar-refractivity contribution in [3.05, 3.63) is 45.6 Å². The molecule has 1 unspecified atom stereocenters. The number of ether oxygens (including phenoxy) is 3. The van der Waals surface area contributed by atoms with Gasteiger partial charge in [-0.15, -0.1) is 0 Å². The lowest BCUT2D eigenvalue weighted by Gasteiger charge is -2.22. The minimum absolute atomic E-state index is 0.0437. The van der Waals surface area contributed by atoms with E-state index in [0.717, 1.165) is 11.1 Å². The number of fused-ring (bicyclic) bond motifs is 3. The van der Waals surface area contributed by atoms with E-state index in [4.69, 9.17) is 14.2 Å². The van der Waals surface area contributed by atoms with Crippen LogP contribution >= 0.6 is 0 Å². The van der Waals surface area contributed by atoms with E-state index >= 15 is 0 Å². The molecule has 0 spiro atoms. The Balaban J connectivity index is 1.82. The fraction of sp³-hybridized carbons (Fsp3) is 0.516. The minimum atomic E-state index is -3.17. The van der Waals surface area contributed by atoms with Gasteiger partial charge >= 0.3 is 0 Å². The Morgan fingerprint density at radius 1 is 1.00 bits per heavy atom. The summed E-state index contributed by atoms with van der Waals surface area (Å²) in [5.41, 5.74) is 2.76. The second-order valence-corrected chi connectivity index (χ2v) is 13.8. The first kappa shape index (κ1) is 32.1. The minimum Gasteiger partial charge on any atom is -0.493 e.